The van der Waals surface area contributed by atoms with Gasteiger partial charge in [-0.1, -0.05) is 6.07 Å². The molecule has 0 saturated heterocycles. The van der Waals surface area contributed by atoms with Crippen LogP contribution in [0.25, 0.3) is 11.3 Å². The van der Waals surface area contributed by atoms with E-state index in [1.54, 1.807) is 6.07 Å². The first-order valence-electron chi connectivity index (χ1n) is 9.11. The van der Waals surface area contributed by atoms with Gasteiger partial charge in [0.05, 0.1) is 12.3 Å². The molecular weight excluding hydrogens is 343 g/mol. The molecule has 1 heterocycles. The van der Waals surface area contributed by atoms with Crippen molar-refractivity contribution in [1.82, 2.24) is 15.1 Å². The van der Waals surface area contributed by atoms with Crippen molar-refractivity contribution < 1.29 is 9.13 Å². The van der Waals surface area contributed by atoms with Gasteiger partial charge in [0.15, 0.2) is 5.82 Å². The highest BCUT2D eigenvalue weighted by molar-refractivity contribution is 5.80. The monoisotopic (exact) mass is 366 g/mol. The Morgan fingerprint density at radius 2 is 2.11 bits per heavy atom. The summed E-state index contributed by atoms with van der Waals surface area (Å²) in [7, 11) is 4.12. The number of halogens is 1. The highest BCUT2D eigenvalue weighted by Crippen LogP contribution is 2.40. The Labute approximate surface area is 158 Å². The van der Waals surface area contributed by atoms with Gasteiger partial charge in [-0.2, -0.15) is 5.10 Å². The molecule has 140 valence electrons. The molecule has 3 aromatic rings. The second kappa shape index (κ2) is 7.40. The van der Waals surface area contributed by atoms with Crippen molar-refractivity contribution in [2.75, 3.05) is 32.6 Å². The van der Waals surface area contributed by atoms with Gasteiger partial charge in [0.2, 0.25) is 0 Å². The molecule has 27 heavy (non-hydrogen) atoms. The maximum Gasteiger partial charge on any atom is 0.156 e. The fourth-order valence-corrected chi connectivity index (χ4v) is 3.38. The molecule has 6 heteroatoms. The molecule has 0 unspecified atom stereocenters. The van der Waals surface area contributed by atoms with Crippen molar-refractivity contribution in [3.8, 4) is 17.0 Å². The quantitative estimate of drug-likeness (QED) is 0.482. The second-order valence-corrected chi connectivity index (χ2v) is 7.06. The molecular formula is C21H23FN4O. The number of aromatic amines is 1. The predicted octanol–water partition coefficient (Wildman–Crippen LogP) is 4.19. The van der Waals surface area contributed by atoms with Crippen molar-refractivity contribution in [2.45, 2.75) is 12.8 Å². The normalized spacial score (nSPS) is 12.1. The molecule has 0 bridgehead atoms. The van der Waals surface area contributed by atoms with E-state index in [-0.39, 0.29) is 5.82 Å². The van der Waals surface area contributed by atoms with Crippen LogP contribution in [0.2, 0.25) is 0 Å². The number of benzene rings is 2. The lowest BCUT2D eigenvalue weighted by Gasteiger charge is -2.11. The van der Waals surface area contributed by atoms with Crippen LogP contribution in [0.15, 0.2) is 42.5 Å². The molecule has 4 rings (SSSR count). The third-order valence-electron chi connectivity index (χ3n) is 4.69. The van der Waals surface area contributed by atoms with Gasteiger partial charge in [-0.15, -0.1) is 0 Å². The van der Waals surface area contributed by atoms with E-state index >= 15 is 0 Å². The number of ether oxygens (including phenoxy) is 1. The Kier molecular flexibility index (Phi) is 4.81. The SMILES string of the molecule is CN(C)CCCOc1ccc2c(c1)Cc1c(Nc3cccc(F)c3)n[nH]c1-2. The average Bonchev–Trinajstić information content (AvgIpc) is 3.18. The van der Waals surface area contributed by atoms with Crippen molar-refractivity contribution in [1.29, 1.82) is 0 Å². The highest BCUT2D eigenvalue weighted by atomic mass is 19.1. The van der Waals surface area contributed by atoms with E-state index in [9.17, 15) is 4.39 Å². The summed E-state index contributed by atoms with van der Waals surface area (Å²) in [5.74, 6) is 1.36. The van der Waals surface area contributed by atoms with E-state index in [4.69, 9.17) is 4.74 Å². The number of aromatic nitrogens is 2. The Bertz CT molecular complexity index is 951. The minimum atomic E-state index is -0.272. The highest BCUT2D eigenvalue weighted by Gasteiger charge is 2.25. The lowest BCUT2D eigenvalue weighted by atomic mass is 10.1. The van der Waals surface area contributed by atoms with Gasteiger partial charge in [0.1, 0.15) is 11.6 Å². The van der Waals surface area contributed by atoms with Crippen LogP contribution in [-0.2, 0) is 6.42 Å². The smallest absolute Gasteiger partial charge is 0.156 e. The number of nitrogens with zero attached hydrogens (tertiary/aromatic N) is 2. The van der Waals surface area contributed by atoms with Crippen LogP contribution in [0.1, 0.15) is 17.5 Å². The number of hydrogen-bond donors (Lipinski definition) is 2. The summed E-state index contributed by atoms with van der Waals surface area (Å²) in [6.07, 6.45) is 1.77. The van der Waals surface area contributed by atoms with Crippen LogP contribution in [0.3, 0.4) is 0 Å². The van der Waals surface area contributed by atoms with E-state index in [0.717, 1.165) is 47.8 Å². The summed E-state index contributed by atoms with van der Waals surface area (Å²) in [6, 6.07) is 12.6. The summed E-state index contributed by atoms with van der Waals surface area (Å²) in [5, 5.41) is 10.7. The molecule has 2 aromatic carbocycles. The van der Waals surface area contributed by atoms with Gasteiger partial charge >= 0.3 is 0 Å². The molecule has 0 atom stereocenters. The molecule has 0 spiro atoms. The Morgan fingerprint density at radius 3 is 2.93 bits per heavy atom. The van der Waals surface area contributed by atoms with Crippen molar-refractivity contribution >= 4 is 11.5 Å². The van der Waals surface area contributed by atoms with Gasteiger partial charge in [-0.05, 0) is 62.5 Å². The van der Waals surface area contributed by atoms with Crippen LogP contribution in [-0.4, -0.2) is 42.3 Å². The number of hydrogen-bond acceptors (Lipinski definition) is 4. The van der Waals surface area contributed by atoms with Crippen molar-refractivity contribution in [3.63, 3.8) is 0 Å². The van der Waals surface area contributed by atoms with E-state index in [1.807, 2.05) is 12.1 Å². The van der Waals surface area contributed by atoms with E-state index in [1.165, 1.54) is 17.7 Å². The van der Waals surface area contributed by atoms with Gasteiger partial charge in [-0.3, -0.25) is 5.10 Å². The Hall–Kier alpha value is -2.86. The zero-order valence-corrected chi connectivity index (χ0v) is 15.6. The van der Waals surface area contributed by atoms with Gasteiger partial charge in [-0.25, -0.2) is 4.39 Å². The second-order valence-electron chi connectivity index (χ2n) is 7.06. The predicted molar refractivity (Wildman–Crippen MR) is 105 cm³/mol. The standard InChI is InChI=1S/C21H23FN4O/c1-26(2)9-4-10-27-17-7-8-18-14(11-17)12-19-20(18)24-25-21(19)23-16-6-3-5-15(22)13-16/h3,5-8,11,13H,4,9-10,12H2,1-2H3,(H2,23,24,25). The first-order chi connectivity index (χ1) is 13.1. The molecule has 0 aliphatic heterocycles. The Balaban J connectivity index is 1.47. The van der Waals surface area contributed by atoms with Crippen LogP contribution < -0.4 is 10.1 Å². The van der Waals surface area contributed by atoms with E-state index < -0.39 is 0 Å². The maximum absolute atomic E-state index is 13.4. The third-order valence-corrected chi connectivity index (χ3v) is 4.69. The van der Waals surface area contributed by atoms with Gasteiger partial charge < -0.3 is 15.0 Å². The third kappa shape index (κ3) is 3.80. The molecule has 0 radical (unpaired) electrons. The minimum Gasteiger partial charge on any atom is -0.494 e. The summed E-state index contributed by atoms with van der Waals surface area (Å²) in [6.45, 7) is 1.71. The Morgan fingerprint density at radius 1 is 1.22 bits per heavy atom. The molecule has 2 N–H and O–H groups in total. The van der Waals surface area contributed by atoms with Crippen LogP contribution in [0.5, 0.6) is 5.75 Å². The lowest BCUT2D eigenvalue weighted by Crippen LogP contribution is -2.15. The summed E-state index contributed by atoms with van der Waals surface area (Å²) < 4.78 is 19.3. The molecule has 1 aromatic heterocycles. The number of rotatable bonds is 7. The number of nitrogens with one attached hydrogen (secondary N) is 2. The summed E-state index contributed by atoms with van der Waals surface area (Å²) in [4.78, 5) is 2.15. The molecule has 1 aliphatic rings. The number of fused-ring (bicyclic) bond motifs is 3. The first-order valence-corrected chi connectivity index (χ1v) is 9.11. The minimum absolute atomic E-state index is 0.272. The number of anilines is 2. The topological polar surface area (TPSA) is 53.2 Å². The van der Waals surface area contributed by atoms with Gasteiger partial charge in [0, 0.05) is 29.8 Å². The van der Waals surface area contributed by atoms with Crippen molar-refractivity contribution in [3.05, 3.63) is 59.4 Å². The van der Waals surface area contributed by atoms with E-state index in [2.05, 4.69) is 46.6 Å². The molecule has 1 aliphatic carbocycles. The van der Waals surface area contributed by atoms with Gasteiger partial charge in [0.25, 0.3) is 0 Å². The van der Waals surface area contributed by atoms with Crippen LogP contribution >= 0.6 is 0 Å². The average molecular weight is 366 g/mol. The summed E-state index contributed by atoms with van der Waals surface area (Å²) in [5.41, 5.74) is 5.16. The zero-order valence-electron chi connectivity index (χ0n) is 15.6. The van der Waals surface area contributed by atoms with Crippen molar-refractivity contribution in [2.24, 2.45) is 0 Å². The molecule has 0 saturated carbocycles. The maximum atomic E-state index is 13.4. The number of H-pyrrole nitrogens is 1. The molecule has 0 fully saturated rings. The zero-order chi connectivity index (χ0) is 18.8. The fourth-order valence-electron chi connectivity index (χ4n) is 3.38. The van der Waals surface area contributed by atoms with Crippen LogP contribution in [0, 0.1) is 5.82 Å². The van der Waals surface area contributed by atoms with E-state index in [0.29, 0.717) is 12.3 Å². The summed E-state index contributed by atoms with van der Waals surface area (Å²) >= 11 is 0. The van der Waals surface area contributed by atoms with Crippen LogP contribution in [0.4, 0.5) is 15.9 Å². The molecule has 5 nitrogen and oxygen atoms in total. The molecule has 0 amide bonds. The fraction of sp³-hybridized carbons (Fsp3) is 0.286. The largest absolute Gasteiger partial charge is 0.494 e. The first kappa shape index (κ1) is 17.5. The lowest BCUT2D eigenvalue weighted by molar-refractivity contribution is 0.281.